The Morgan fingerprint density at radius 2 is 2.00 bits per heavy atom. The minimum absolute atomic E-state index is 0.186. The molecule has 4 heteroatoms. The highest BCUT2D eigenvalue weighted by molar-refractivity contribution is 5.88. The summed E-state index contributed by atoms with van der Waals surface area (Å²) >= 11 is 0. The van der Waals surface area contributed by atoms with E-state index in [4.69, 9.17) is 14.2 Å². The fraction of sp³-hybridized carbons (Fsp3) is 0.667. The lowest BCUT2D eigenvalue weighted by atomic mass is 10.3. The van der Waals surface area contributed by atoms with E-state index in [1.807, 2.05) is 6.92 Å². The molecule has 0 spiro atoms. The van der Waals surface area contributed by atoms with Crippen LogP contribution in [0.1, 0.15) is 13.8 Å². The second-order valence-corrected chi connectivity index (χ2v) is 2.27. The number of rotatable bonds is 6. The van der Waals surface area contributed by atoms with Crippen molar-refractivity contribution in [1.29, 1.82) is 0 Å². The Labute approximate surface area is 78.5 Å². The maximum absolute atomic E-state index is 11.1. The van der Waals surface area contributed by atoms with Gasteiger partial charge >= 0.3 is 5.97 Å². The summed E-state index contributed by atoms with van der Waals surface area (Å²) in [4.78, 5) is 11.1. The van der Waals surface area contributed by atoms with Gasteiger partial charge in [-0.25, -0.2) is 4.79 Å². The van der Waals surface area contributed by atoms with Gasteiger partial charge in [0.15, 0.2) is 6.29 Å². The molecule has 0 aliphatic heterocycles. The molecule has 4 nitrogen and oxygen atoms in total. The number of hydrogen-bond acceptors (Lipinski definition) is 4. The molecule has 0 bridgehead atoms. The van der Waals surface area contributed by atoms with Gasteiger partial charge in [0.25, 0.3) is 0 Å². The van der Waals surface area contributed by atoms with Crippen LogP contribution in [0.4, 0.5) is 0 Å². The lowest BCUT2D eigenvalue weighted by Gasteiger charge is -2.16. The Kier molecular flexibility index (Phi) is 6.18. The molecule has 0 aromatic heterocycles. The summed E-state index contributed by atoms with van der Waals surface area (Å²) in [6, 6.07) is 0. The van der Waals surface area contributed by atoms with Crippen LogP contribution in [0, 0.1) is 0 Å². The molecule has 76 valence electrons. The molecule has 0 aromatic rings. The summed E-state index contributed by atoms with van der Waals surface area (Å²) in [6.07, 6.45) is -0.705. The molecule has 0 N–H and O–H groups in total. The van der Waals surface area contributed by atoms with Crippen LogP contribution in [0.25, 0.3) is 0 Å². The highest BCUT2D eigenvalue weighted by Gasteiger charge is 2.19. The van der Waals surface area contributed by atoms with Crippen LogP contribution in [0.15, 0.2) is 12.2 Å². The molecule has 0 aliphatic carbocycles. The Hall–Kier alpha value is -0.870. The first-order valence-electron chi connectivity index (χ1n) is 4.17. The normalized spacial score (nSPS) is 12.2. The van der Waals surface area contributed by atoms with E-state index in [0.717, 1.165) is 0 Å². The van der Waals surface area contributed by atoms with Gasteiger partial charge in [0.05, 0.1) is 12.2 Å². The van der Waals surface area contributed by atoms with Crippen LogP contribution in [0.2, 0.25) is 0 Å². The number of carbonyl (C=O) groups is 1. The van der Waals surface area contributed by atoms with Crippen molar-refractivity contribution in [3.8, 4) is 0 Å². The van der Waals surface area contributed by atoms with Crippen LogP contribution in [0.5, 0.6) is 0 Å². The molecule has 0 aromatic carbocycles. The molecule has 0 fully saturated rings. The fourth-order valence-electron chi connectivity index (χ4n) is 0.782. The number of ether oxygens (including phenoxy) is 3. The fourth-order valence-corrected chi connectivity index (χ4v) is 0.782. The first-order chi connectivity index (χ1) is 6.17. The minimum atomic E-state index is -0.705. The highest BCUT2D eigenvalue weighted by atomic mass is 16.7. The molecule has 0 rings (SSSR count). The number of hydrogen-bond donors (Lipinski definition) is 0. The van der Waals surface area contributed by atoms with Gasteiger partial charge in [0.1, 0.15) is 0 Å². The van der Waals surface area contributed by atoms with Gasteiger partial charge < -0.3 is 14.2 Å². The topological polar surface area (TPSA) is 44.8 Å². The van der Waals surface area contributed by atoms with Gasteiger partial charge in [-0.3, -0.25) is 0 Å². The molecular weight excluding hydrogens is 172 g/mol. The largest absolute Gasteiger partial charge is 0.463 e. The van der Waals surface area contributed by atoms with Gasteiger partial charge in [-0.1, -0.05) is 6.58 Å². The first kappa shape index (κ1) is 12.1. The van der Waals surface area contributed by atoms with Crippen molar-refractivity contribution >= 4 is 5.97 Å². The summed E-state index contributed by atoms with van der Waals surface area (Å²) in [7, 11) is 1.45. The van der Waals surface area contributed by atoms with E-state index in [1.165, 1.54) is 7.11 Å². The van der Waals surface area contributed by atoms with Crippen LogP contribution in [-0.4, -0.2) is 32.6 Å². The SMILES string of the molecule is C=C(C(=O)OCC)C(OC)OCC. The standard InChI is InChI=1S/C9H16O4/c1-5-12-8(10)7(3)9(11-4)13-6-2/h9H,3,5-6H2,1-2,4H3. The molecule has 1 unspecified atom stereocenters. The first-order valence-corrected chi connectivity index (χ1v) is 4.17. The lowest BCUT2D eigenvalue weighted by Crippen LogP contribution is -2.24. The van der Waals surface area contributed by atoms with Crippen LogP contribution >= 0.6 is 0 Å². The molecule has 1 atom stereocenters. The number of esters is 1. The predicted molar refractivity (Wildman–Crippen MR) is 48.2 cm³/mol. The summed E-state index contributed by atoms with van der Waals surface area (Å²) in [5, 5.41) is 0. The van der Waals surface area contributed by atoms with Crippen molar-refractivity contribution in [1.82, 2.24) is 0 Å². The summed E-state index contributed by atoms with van der Waals surface area (Å²) in [5.41, 5.74) is 0.186. The van der Waals surface area contributed by atoms with Gasteiger partial charge in [0.2, 0.25) is 0 Å². The molecule has 0 aliphatic rings. The molecule has 13 heavy (non-hydrogen) atoms. The second kappa shape index (κ2) is 6.62. The monoisotopic (exact) mass is 188 g/mol. The third kappa shape index (κ3) is 4.05. The van der Waals surface area contributed by atoms with Gasteiger partial charge in [-0.05, 0) is 13.8 Å². The summed E-state index contributed by atoms with van der Waals surface area (Å²) in [5.74, 6) is -0.484. The van der Waals surface area contributed by atoms with E-state index in [0.29, 0.717) is 13.2 Å². The molecule has 0 saturated heterocycles. The van der Waals surface area contributed by atoms with Crippen molar-refractivity contribution in [3.63, 3.8) is 0 Å². The zero-order valence-electron chi connectivity index (χ0n) is 8.33. The van der Waals surface area contributed by atoms with Crippen LogP contribution in [-0.2, 0) is 19.0 Å². The Bertz CT molecular complexity index is 176. The maximum atomic E-state index is 11.1. The van der Waals surface area contributed by atoms with Crippen molar-refractivity contribution in [2.45, 2.75) is 20.1 Å². The third-order valence-electron chi connectivity index (χ3n) is 1.35. The smallest absolute Gasteiger partial charge is 0.338 e. The average molecular weight is 188 g/mol. The maximum Gasteiger partial charge on any atom is 0.338 e. The van der Waals surface area contributed by atoms with Crippen molar-refractivity contribution in [3.05, 3.63) is 12.2 Å². The number of methoxy groups -OCH3 is 1. The molecule has 0 heterocycles. The van der Waals surface area contributed by atoms with E-state index in [1.54, 1.807) is 6.92 Å². The van der Waals surface area contributed by atoms with E-state index in [2.05, 4.69) is 6.58 Å². The van der Waals surface area contributed by atoms with E-state index >= 15 is 0 Å². The van der Waals surface area contributed by atoms with E-state index in [9.17, 15) is 4.79 Å². The Morgan fingerprint density at radius 3 is 2.38 bits per heavy atom. The van der Waals surface area contributed by atoms with E-state index < -0.39 is 12.3 Å². The predicted octanol–water partition coefficient (Wildman–Crippen LogP) is 1.11. The van der Waals surface area contributed by atoms with Crippen molar-refractivity contribution in [2.75, 3.05) is 20.3 Å². The van der Waals surface area contributed by atoms with Crippen molar-refractivity contribution in [2.24, 2.45) is 0 Å². The zero-order valence-corrected chi connectivity index (χ0v) is 8.33. The molecule has 0 amide bonds. The van der Waals surface area contributed by atoms with Crippen LogP contribution in [0.3, 0.4) is 0 Å². The van der Waals surface area contributed by atoms with E-state index in [-0.39, 0.29) is 5.57 Å². The minimum Gasteiger partial charge on any atom is -0.463 e. The highest BCUT2D eigenvalue weighted by Crippen LogP contribution is 2.07. The molecule has 0 radical (unpaired) electrons. The average Bonchev–Trinajstić information content (AvgIpc) is 2.13. The third-order valence-corrected chi connectivity index (χ3v) is 1.35. The lowest BCUT2D eigenvalue weighted by molar-refractivity contribution is -0.147. The quantitative estimate of drug-likeness (QED) is 0.356. The Balaban J connectivity index is 4.11. The number of carbonyl (C=O) groups excluding carboxylic acids is 1. The van der Waals surface area contributed by atoms with Crippen LogP contribution < -0.4 is 0 Å². The van der Waals surface area contributed by atoms with Gasteiger partial charge in [0, 0.05) is 13.7 Å². The van der Waals surface area contributed by atoms with Crippen molar-refractivity contribution < 1.29 is 19.0 Å². The second-order valence-electron chi connectivity index (χ2n) is 2.27. The Morgan fingerprint density at radius 1 is 1.38 bits per heavy atom. The van der Waals surface area contributed by atoms with Gasteiger partial charge in [-0.15, -0.1) is 0 Å². The van der Waals surface area contributed by atoms with Gasteiger partial charge in [-0.2, -0.15) is 0 Å². The summed E-state index contributed by atoms with van der Waals surface area (Å²) in [6.45, 7) is 7.85. The summed E-state index contributed by atoms with van der Waals surface area (Å²) < 4.78 is 14.7. The zero-order chi connectivity index (χ0) is 10.3. The molecular formula is C9H16O4. The molecule has 0 saturated carbocycles.